The quantitative estimate of drug-likeness (QED) is 0.925. The summed E-state index contributed by atoms with van der Waals surface area (Å²) in [6.45, 7) is 12.5. The summed E-state index contributed by atoms with van der Waals surface area (Å²) in [5, 5.41) is 7.38. The number of aromatic nitrogens is 3. The number of hydrogen-bond donors (Lipinski definition) is 1. The van der Waals surface area contributed by atoms with Crippen LogP contribution >= 0.6 is 0 Å². The molecule has 1 N–H and O–H groups in total. The zero-order chi connectivity index (χ0) is 17.3. The lowest BCUT2D eigenvalue weighted by Gasteiger charge is -2.16. The highest BCUT2D eigenvalue weighted by Gasteiger charge is 2.19. The van der Waals surface area contributed by atoms with Crippen LogP contribution in [0, 0.1) is 10.8 Å². The summed E-state index contributed by atoms with van der Waals surface area (Å²) in [6, 6.07) is 1.82. The third kappa shape index (κ3) is 4.91. The fourth-order valence-corrected chi connectivity index (χ4v) is 2.14. The van der Waals surface area contributed by atoms with Gasteiger partial charge in [0.15, 0.2) is 11.5 Å². The number of carbonyl (C=O) groups excluding carboxylic acids is 1. The molecule has 0 aliphatic rings. The molecule has 0 fully saturated rings. The highest BCUT2D eigenvalue weighted by atomic mass is 16.1. The van der Waals surface area contributed by atoms with Crippen molar-refractivity contribution in [3.63, 3.8) is 0 Å². The monoisotopic (exact) mass is 314 g/mol. The summed E-state index contributed by atoms with van der Waals surface area (Å²) in [4.78, 5) is 16.6. The van der Waals surface area contributed by atoms with Crippen LogP contribution in [0.3, 0.4) is 0 Å². The van der Waals surface area contributed by atoms with Gasteiger partial charge in [-0.2, -0.15) is 0 Å². The first kappa shape index (κ1) is 17.2. The zero-order valence-electron chi connectivity index (χ0n) is 14.8. The first-order chi connectivity index (χ1) is 10.6. The van der Waals surface area contributed by atoms with Crippen molar-refractivity contribution >= 4 is 23.4 Å². The molecule has 0 atom stereocenters. The summed E-state index contributed by atoms with van der Waals surface area (Å²) in [5.41, 5.74) is 1.54. The molecule has 0 radical (unpaired) electrons. The molecule has 1 amide bonds. The summed E-state index contributed by atoms with van der Waals surface area (Å²) in [7, 11) is 0. The molecule has 0 aliphatic carbocycles. The van der Waals surface area contributed by atoms with Gasteiger partial charge in [0.05, 0.1) is 5.56 Å². The van der Waals surface area contributed by atoms with E-state index in [-0.39, 0.29) is 16.7 Å². The zero-order valence-corrected chi connectivity index (χ0v) is 14.8. The van der Waals surface area contributed by atoms with Crippen LogP contribution in [0.25, 0.3) is 11.7 Å². The molecule has 2 aromatic heterocycles. The van der Waals surface area contributed by atoms with E-state index in [2.05, 4.69) is 42.2 Å². The first-order valence-electron chi connectivity index (χ1n) is 7.88. The van der Waals surface area contributed by atoms with E-state index in [1.165, 1.54) is 0 Å². The number of anilines is 1. The second kappa shape index (κ2) is 6.14. The van der Waals surface area contributed by atoms with Crippen LogP contribution in [0.2, 0.25) is 0 Å². The van der Waals surface area contributed by atoms with Crippen molar-refractivity contribution in [2.75, 3.05) is 5.32 Å². The largest absolute Gasteiger partial charge is 0.309 e. The number of fused-ring (bicyclic) bond motifs is 1. The van der Waals surface area contributed by atoms with Crippen LogP contribution < -0.4 is 5.32 Å². The molecule has 0 saturated carbocycles. The molecular weight excluding hydrogens is 288 g/mol. The third-order valence-electron chi connectivity index (χ3n) is 3.13. The molecular formula is C18H26N4O. The van der Waals surface area contributed by atoms with Crippen molar-refractivity contribution in [1.82, 2.24) is 14.6 Å². The topological polar surface area (TPSA) is 59.3 Å². The Morgan fingerprint density at radius 1 is 1.26 bits per heavy atom. The molecule has 2 heterocycles. The van der Waals surface area contributed by atoms with Crippen LogP contribution in [0.5, 0.6) is 0 Å². The van der Waals surface area contributed by atoms with E-state index in [9.17, 15) is 4.79 Å². The van der Waals surface area contributed by atoms with Crippen LogP contribution in [0.1, 0.15) is 53.5 Å². The number of carbonyl (C=O) groups is 1. The molecule has 0 aliphatic heterocycles. The van der Waals surface area contributed by atoms with Crippen LogP contribution in [0.15, 0.2) is 24.5 Å². The molecule has 124 valence electrons. The molecule has 2 aromatic rings. The van der Waals surface area contributed by atoms with Gasteiger partial charge >= 0.3 is 0 Å². The standard InChI is InChI=1S/C18H26N4O/c1-17(2,3)9-8-13-15(20-14(23)12-18(4,5)6)21-22-11-7-10-19-16(13)22/h7-11H,12H2,1-6H3,(H,20,21,23). The first-order valence-corrected chi connectivity index (χ1v) is 7.88. The lowest BCUT2D eigenvalue weighted by atomic mass is 9.92. The molecule has 0 bridgehead atoms. The van der Waals surface area contributed by atoms with Gasteiger partial charge in [0.2, 0.25) is 5.91 Å². The lowest BCUT2D eigenvalue weighted by molar-refractivity contribution is -0.117. The number of amides is 1. The Morgan fingerprint density at radius 3 is 2.57 bits per heavy atom. The van der Waals surface area contributed by atoms with Gasteiger partial charge in [-0.15, -0.1) is 5.10 Å². The van der Waals surface area contributed by atoms with Gasteiger partial charge in [-0.1, -0.05) is 53.7 Å². The van der Waals surface area contributed by atoms with Gasteiger partial charge in [-0.05, 0) is 16.9 Å². The Kier molecular flexibility index (Phi) is 4.59. The number of nitrogens with one attached hydrogen (secondary N) is 1. The maximum atomic E-state index is 12.3. The molecule has 0 spiro atoms. The lowest BCUT2D eigenvalue weighted by Crippen LogP contribution is -2.20. The van der Waals surface area contributed by atoms with Gasteiger partial charge in [-0.3, -0.25) is 4.79 Å². The van der Waals surface area contributed by atoms with E-state index in [0.717, 1.165) is 11.2 Å². The van der Waals surface area contributed by atoms with Crippen LogP contribution in [0.4, 0.5) is 5.82 Å². The predicted octanol–water partition coefficient (Wildman–Crippen LogP) is 4.16. The average Bonchev–Trinajstić information content (AvgIpc) is 2.70. The highest BCUT2D eigenvalue weighted by molar-refractivity contribution is 5.94. The maximum absolute atomic E-state index is 12.3. The molecule has 2 rings (SSSR count). The van der Waals surface area contributed by atoms with Gasteiger partial charge in [0.25, 0.3) is 0 Å². The third-order valence-corrected chi connectivity index (χ3v) is 3.13. The second-order valence-electron chi connectivity index (χ2n) is 8.14. The van der Waals surface area contributed by atoms with Crippen LogP contribution in [-0.2, 0) is 4.79 Å². The van der Waals surface area contributed by atoms with Crippen molar-refractivity contribution in [2.45, 2.75) is 48.0 Å². The fourth-order valence-electron chi connectivity index (χ4n) is 2.14. The van der Waals surface area contributed by atoms with Gasteiger partial charge in [-0.25, -0.2) is 9.50 Å². The van der Waals surface area contributed by atoms with Crippen molar-refractivity contribution in [2.24, 2.45) is 10.8 Å². The van der Waals surface area contributed by atoms with Gasteiger partial charge < -0.3 is 5.32 Å². The fraction of sp³-hybridized carbons (Fsp3) is 0.500. The van der Waals surface area contributed by atoms with E-state index in [0.29, 0.717) is 12.2 Å². The Labute approximate surface area is 137 Å². The molecule has 0 aromatic carbocycles. The number of nitrogens with zero attached hydrogens (tertiary/aromatic N) is 3. The predicted molar refractivity (Wildman–Crippen MR) is 94.2 cm³/mol. The number of rotatable bonds is 3. The van der Waals surface area contributed by atoms with Crippen molar-refractivity contribution in [3.8, 4) is 0 Å². The SMILES string of the molecule is CC(C)(C)C=Cc1c(NC(=O)CC(C)(C)C)nn2cccnc12. The van der Waals surface area contributed by atoms with E-state index >= 15 is 0 Å². The summed E-state index contributed by atoms with van der Waals surface area (Å²) < 4.78 is 1.69. The minimum atomic E-state index is -0.0666. The summed E-state index contributed by atoms with van der Waals surface area (Å²) in [5.74, 6) is 0.518. The van der Waals surface area contributed by atoms with Gasteiger partial charge in [0, 0.05) is 18.8 Å². The van der Waals surface area contributed by atoms with Crippen LogP contribution in [-0.4, -0.2) is 20.5 Å². The minimum Gasteiger partial charge on any atom is -0.309 e. The maximum Gasteiger partial charge on any atom is 0.226 e. The minimum absolute atomic E-state index is 0.0358. The van der Waals surface area contributed by atoms with Gasteiger partial charge in [0.1, 0.15) is 0 Å². The van der Waals surface area contributed by atoms with E-state index in [4.69, 9.17) is 0 Å². The smallest absolute Gasteiger partial charge is 0.226 e. The summed E-state index contributed by atoms with van der Waals surface area (Å²) in [6.07, 6.45) is 8.08. The Balaban J connectivity index is 2.38. The normalized spacial score (nSPS) is 13.0. The molecule has 5 heteroatoms. The Morgan fingerprint density at radius 2 is 1.96 bits per heavy atom. The highest BCUT2D eigenvalue weighted by Crippen LogP contribution is 2.25. The molecule has 23 heavy (non-hydrogen) atoms. The molecule has 0 saturated heterocycles. The molecule has 5 nitrogen and oxygen atoms in total. The Hall–Kier alpha value is -2.17. The van der Waals surface area contributed by atoms with E-state index < -0.39 is 0 Å². The number of allylic oxidation sites excluding steroid dienone is 1. The van der Waals surface area contributed by atoms with Crippen molar-refractivity contribution in [1.29, 1.82) is 0 Å². The molecule has 0 unspecified atom stereocenters. The van der Waals surface area contributed by atoms with Crippen molar-refractivity contribution < 1.29 is 4.79 Å². The second-order valence-corrected chi connectivity index (χ2v) is 8.14. The number of hydrogen-bond acceptors (Lipinski definition) is 3. The average molecular weight is 314 g/mol. The van der Waals surface area contributed by atoms with Crippen molar-refractivity contribution in [3.05, 3.63) is 30.1 Å². The summed E-state index contributed by atoms with van der Waals surface area (Å²) >= 11 is 0. The van der Waals surface area contributed by atoms with E-state index in [1.807, 2.05) is 39.1 Å². The van der Waals surface area contributed by atoms with E-state index in [1.54, 1.807) is 10.7 Å². The Bertz CT molecular complexity index is 730.